The molecule has 0 bridgehead atoms. The zero-order valence-electron chi connectivity index (χ0n) is 11.8. The summed E-state index contributed by atoms with van der Waals surface area (Å²) in [5, 5.41) is 2.05. The summed E-state index contributed by atoms with van der Waals surface area (Å²) in [5.74, 6) is 1.78. The molecule has 0 radical (unpaired) electrons. The molecule has 108 valence electrons. The third-order valence-electron chi connectivity index (χ3n) is 3.45. The smallest absolute Gasteiger partial charge is 0.150 e. The summed E-state index contributed by atoms with van der Waals surface area (Å²) in [4.78, 5) is 5.62. The molecule has 1 aromatic carbocycles. The predicted octanol–water partition coefficient (Wildman–Crippen LogP) is 3.17. The van der Waals surface area contributed by atoms with Crippen LogP contribution in [-0.4, -0.2) is 23.2 Å². The van der Waals surface area contributed by atoms with Gasteiger partial charge in [0, 0.05) is 18.9 Å². The van der Waals surface area contributed by atoms with E-state index in [-0.39, 0.29) is 6.04 Å². The van der Waals surface area contributed by atoms with E-state index in [1.165, 1.54) is 0 Å². The highest BCUT2D eigenvalue weighted by molar-refractivity contribution is 7.13. The number of ether oxygens (including phenoxy) is 1. The Hall–Kier alpha value is -2.11. The Morgan fingerprint density at radius 3 is 2.95 bits per heavy atom. The van der Waals surface area contributed by atoms with E-state index in [9.17, 15) is 0 Å². The highest BCUT2D eigenvalue weighted by Gasteiger charge is 2.17. The molecule has 21 heavy (non-hydrogen) atoms. The lowest BCUT2D eigenvalue weighted by atomic mass is 10.1. The second-order valence-electron chi connectivity index (χ2n) is 4.66. The largest absolute Gasteiger partial charge is 0.497 e. The third kappa shape index (κ3) is 2.70. The molecule has 4 nitrogen and oxygen atoms in total. The molecule has 0 saturated heterocycles. The molecule has 1 unspecified atom stereocenters. The van der Waals surface area contributed by atoms with Gasteiger partial charge in [0.2, 0.25) is 0 Å². The van der Waals surface area contributed by atoms with E-state index in [4.69, 9.17) is 10.5 Å². The minimum Gasteiger partial charge on any atom is -0.497 e. The molecule has 3 aromatic rings. The molecule has 0 fully saturated rings. The molecule has 2 heterocycles. The minimum absolute atomic E-state index is 0.0414. The zero-order chi connectivity index (χ0) is 14.7. The van der Waals surface area contributed by atoms with Crippen LogP contribution in [0.4, 0.5) is 0 Å². The SMILES string of the molecule is COc1cccc(C(CN)n2ccnc2-c2cccs2)c1. The molecule has 0 saturated carbocycles. The average Bonchev–Trinajstić information content (AvgIpc) is 3.19. The van der Waals surface area contributed by atoms with Crippen LogP contribution in [0.15, 0.2) is 54.2 Å². The van der Waals surface area contributed by atoms with E-state index in [1.54, 1.807) is 18.4 Å². The Morgan fingerprint density at radius 1 is 1.33 bits per heavy atom. The van der Waals surface area contributed by atoms with E-state index in [2.05, 4.69) is 27.1 Å². The number of aromatic nitrogens is 2. The van der Waals surface area contributed by atoms with Crippen LogP contribution in [0.2, 0.25) is 0 Å². The number of imidazole rings is 1. The topological polar surface area (TPSA) is 53.1 Å². The summed E-state index contributed by atoms with van der Waals surface area (Å²) >= 11 is 1.68. The van der Waals surface area contributed by atoms with Gasteiger partial charge in [-0.1, -0.05) is 18.2 Å². The second kappa shape index (κ2) is 6.11. The molecule has 0 aliphatic rings. The maximum atomic E-state index is 6.02. The van der Waals surface area contributed by atoms with Crippen LogP contribution >= 0.6 is 11.3 Å². The molecule has 0 amide bonds. The molecule has 0 aliphatic carbocycles. The van der Waals surface area contributed by atoms with Gasteiger partial charge >= 0.3 is 0 Å². The molecule has 5 heteroatoms. The monoisotopic (exact) mass is 299 g/mol. The van der Waals surface area contributed by atoms with Crippen molar-refractivity contribution >= 4 is 11.3 Å². The first-order valence-electron chi connectivity index (χ1n) is 6.74. The molecule has 2 aromatic heterocycles. The van der Waals surface area contributed by atoms with Crippen LogP contribution in [0.25, 0.3) is 10.7 Å². The molecular weight excluding hydrogens is 282 g/mol. The van der Waals surface area contributed by atoms with Crippen molar-refractivity contribution in [2.45, 2.75) is 6.04 Å². The Morgan fingerprint density at radius 2 is 2.24 bits per heavy atom. The van der Waals surface area contributed by atoms with Crippen LogP contribution in [0.1, 0.15) is 11.6 Å². The van der Waals surface area contributed by atoms with Crippen LogP contribution in [-0.2, 0) is 0 Å². The molecule has 0 spiro atoms. The van der Waals surface area contributed by atoms with Gasteiger partial charge in [0.25, 0.3) is 0 Å². The lowest BCUT2D eigenvalue weighted by Gasteiger charge is -2.20. The van der Waals surface area contributed by atoms with E-state index in [0.29, 0.717) is 6.54 Å². The van der Waals surface area contributed by atoms with Gasteiger partial charge in [-0.15, -0.1) is 11.3 Å². The first-order valence-corrected chi connectivity index (χ1v) is 7.62. The maximum Gasteiger partial charge on any atom is 0.150 e. The van der Waals surface area contributed by atoms with Crippen molar-refractivity contribution in [2.24, 2.45) is 5.73 Å². The van der Waals surface area contributed by atoms with Gasteiger partial charge in [-0.3, -0.25) is 0 Å². The zero-order valence-corrected chi connectivity index (χ0v) is 12.6. The molecule has 0 aliphatic heterocycles. The summed E-state index contributed by atoms with van der Waals surface area (Å²) in [6, 6.07) is 12.2. The van der Waals surface area contributed by atoms with Crippen molar-refractivity contribution in [1.82, 2.24) is 9.55 Å². The average molecular weight is 299 g/mol. The number of benzene rings is 1. The molecular formula is C16H17N3OS. The number of hydrogen-bond donors (Lipinski definition) is 1. The summed E-state index contributed by atoms with van der Waals surface area (Å²) < 4.78 is 7.43. The van der Waals surface area contributed by atoms with Gasteiger partial charge in [0.05, 0.1) is 18.0 Å². The normalized spacial score (nSPS) is 12.3. The summed E-state index contributed by atoms with van der Waals surface area (Å²) in [5.41, 5.74) is 7.14. The Labute approximate surface area is 127 Å². The van der Waals surface area contributed by atoms with Crippen molar-refractivity contribution in [3.63, 3.8) is 0 Å². The van der Waals surface area contributed by atoms with E-state index < -0.39 is 0 Å². The van der Waals surface area contributed by atoms with Crippen LogP contribution in [0.3, 0.4) is 0 Å². The van der Waals surface area contributed by atoms with Crippen LogP contribution in [0, 0.1) is 0 Å². The minimum atomic E-state index is 0.0414. The summed E-state index contributed by atoms with van der Waals surface area (Å²) in [6.45, 7) is 0.502. The van der Waals surface area contributed by atoms with Gasteiger partial charge < -0.3 is 15.0 Å². The second-order valence-corrected chi connectivity index (χ2v) is 5.61. The van der Waals surface area contributed by atoms with Crippen molar-refractivity contribution in [1.29, 1.82) is 0 Å². The lowest BCUT2D eigenvalue weighted by Crippen LogP contribution is -2.20. The van der Waals surface area contributed by atoms with Gasteiger partial charge in [-0.25, -0.2) is 4.98 Å². The fraction of sp³-hybridized carbons (Fsp3) is 0.188. The van der Waals surface area contributed by atoms with Crippen molar-refractivity contribution in [3.05, 3.63) is 59.7 Å². The van der Waals surface area contributed by atoms with Crippen LogP contribution in [0.5, 0.6) is 5.75 Å². The first-order chi connectivity index (χ1) is 10.3. The Balaban J connectivity index is 2.03. The lowest BCUT2D eigenvalue weighted by molar-refractivity contribution is 0.413. The number of rotatable bonds is 5. The number of thiophene rings is 1. The van der Waals surface area contributed by atoms with Crippen molar-refractivity contribution in [3.8, 4) is 16.5 Å². The van der Waals surface area contributed by atoms with Gasteiger partial charge in [-0.2, -0.15) is 0 Å². The fourth-order valence-corrected chi connectivity index (χ4v) is 3.14. The standard InChI is InChI=1S/C16H17N3OS/c1-20-13-5-2-4-12(10-13)14(11-17)19-8-7-18-16(19)15-6-3-9-21-15/h2-10,14H,11,17H2,1H3. The summed E-state index contributed by atoms with van der Waals surface area (Å²) in [7, 11) is 1.67. The first kappa shape index (κ1) is 13.9. The molecule has 3 rings (SSSR count). The third-order valence-corrected chi connectivity index (χ3v) is 4.31. The van der Waals surface area contributed by atoms with E-state index >= 15 is 0 Å². The highest BCUT2D eigenvalue weighted by atomic mass is 32.1. The Bertz CT molecular complexity index is 706. The van der Waals surface area contributed by atoms with Gasteiger partial charge in [0.1, 0.15) is 5.75 Å². The van der Waals surface area contributed by atoms with Crippen molar-refractivity contribution in [2.75, 3.05) is 13.7 Å². The number of methoxy groups -OCH3 is 1. The highest BCUT2D eigenvalue weighted by Crippen LogP contribution is 2.29. The number of hydrogen-bond acceptors (Lipinski definition) is 4. The summed E-state index contributed by atoms with van der Waals surface area (Å²) in [6.07, 6.45) is 3.80. The van der Waals surface area contributed by atoms with Crippen molar-refractivity contribution < 1.29 is 4.74 Å². The predicted molar refractivity (Wildman–Crippen MR) is 85.7 cm³/mol. The van der Waals surface area contributed by atoms with E-state index in [0.717, 1.165) is 22.0 Å². The van der Waals surface area contributed by atoms with Gasteiger partial charge in [-0.05, 0) is 29.1 Å². The van der Waals surface area contributed by atoms with Crippen LogP contribution < -0.4 is 10.5 Å². The molecule has 2 N–H and O–H groups in total. The number of nitrogens with two attached hydrogens (primary N) is 1. The number of nitrogens with zero attached hydrogens (tertiary/aromatic N) is 2. The fourth-order valence-electron chi connectivity index (χ4n) is 2.42. The molecule has 1 atom stereocenters. The van der Waals surface area contributed by atoms with E-state index in [1.807, 2.05) is 36.7 Å². The van der Waals surface area contributed by atoms with Gasteiger partial charge in [0.15, 0.2) is 5.82 Å². The maximum absolute atomic E-state index is 6.02. The quantitative estimate of drug-likeness (QED) is 0.787. The Kier molecular flexibility index (Phi) is 4.03.